The predicted molar refractivity (Wildman–Crippen MR) is 94.8 cm³/mol. The Kier molecular flexibility index (Phi) is 5.23. The van der Waals surface area contributed by atoms with Gasteiger partial charge in [-0.1, -0.05) is 29.5 Å². The molecule has 0 spiro atoms. The number of benzene rings is 1. The molecule has 5 nitrogen and oxygen atoms in total. The first-order chi connectivity index (χ1) is 11.5. The van der Waals surface area contributed by atoms with Crippen molar-refractivity contribution in [3.05, 3.63) is 29.8 Å². The summed E-state index contributed by atoms with van der Waals surface area (Å²) in [5.74, 6) is 0.979. The molecule has 0 radical (unpaired) electrons. The molecule has 2 heterocycles. The van der Waals surface area contributed by atoms with E-state index in [9.17, 15) is 4.79 Å². The summed E-state index contributed by atoms with van der Waals surface area (Å²) in [5.41, 5.74) is 2.04. The lowest BCUT2D eigenvalue weighted by molar-refractivity contribution is -0.134. The number of piperidine rings is 1. The average Bonchev–Trinajstić information content (AvgIpc) is 3.02. The van der Waals surface area contributed by atoms with Crippen molar-refractivity contribution in [2.75, 3.05) is 5.75 Å². The average molecular weight is 345 g/mol. The largest absolute Gasteiger partial charge is 0.411 e. The molecule has 0 bridgehead atoms. The van der Waals surface area contributed by atoms with Gasteiger partial charge in [0.1, 0.15) is 0 Å². The summed E-state index contributed by atoms with van der Waals surface area (Å²) in [5, 5.41) is 8.58. The zero-order valence-corrected chi connectivity index (χ0v) is 15.2. The van der Waals surface area contributed by atoms with Gasteiger partial charge in [-0.05, 0) is 52.2 Å². The van der Waals surface area contributed by atoms with Gasteiger partial charge in [-0.25, -0.2) is 0 Å². The number of likely N-dealkylation sites (tertiary alicyclic amines) is 1. The van der Waals surface area contributed by atoms with E-state index in [0.29, 0.717) is 29.0 Å². The SMILES string of the molecule is Cc1cccc(-c2nnc(SCC(=O)N3[C@H](C)CCC[C@@H]3C)o2)c1. The molecule has 1 aromatic carbocycles. The van der Waals surface area contributed by atoms with Gasteiger partial charge in [0.2, 0.25) is 11.8 Å². The highest BCUT2D eigenvalue weighted by molar-refractivity contribution is 7.99. The summed E-state index contributed by atoms with van der Waals surface area (Å²) >= 11 is 1.31. The molecular weight excluding hydrogens is 322 g/mol. The number of hydrogen-bond donors (Lipinski definition) is 0. The van der Waals surface area contributed by atoms with Crippen molar-refractivity contribution in [1.82, 2.24) is 15.1 Å². The van der Waals surface area contributed by atoms with Gasteiger partial charge in [0.15, 0.2) is 0 Å². The minimum atomic E-state index is 0.148. The maximum absolute atomic E-state index is 12.5. The summed E-state index contributed by atoms with van der Waals surface area (Å²) in [6, 6.07) is 8.56. The summed E-state index contributed by atoms with van der Waals surface area (Å²) < 4.78 is 5.69. The van der Waals surface area contributed by atoms with Crippen LogP contribution in [-0.4, -0.2) is 38.8 Å². The topological polar surface area (TPSA) is 59.2 Å². The molecule has 128 valence electrons. The zero-order valence-electron chi connectivity index (χ0n) is 14.4. The molecule has 1 aliphatic heterocycles. The third-order valence-electron chi connectivity index (χ3n) is 4.47. The molecule has 1 amide bonds. The number of nitrogens with zero attached hydrogens (tertiary/aromatic N) is 3. The predicted octanol–water partition coefficient (Wildman–Crippen LogP) is 3.93. The summed E-state index contributed by atoms with van der Waals surface area (Å²) in [4.78, 5) is 14.5. The van der Waals surface area contributed by atoms with Gasteiger partial charge in [0.25, 0.3) is 5.22 Å². The molecule has 0 saturated carbocycles. The van der Waals surface area contributed by atoms with Crippen LogP contribution in [0.15, 0.2) is 33.9 Å². The molecule has 24 heavy (non-hydrogen) atoms. The molecule has 3 rings (SSSR count). The van der Waals surface area contributed by atoms with Gasteiger partial charge in [-0.3, -0.25) is 4.79 Å². The number of amides is 1. The number of hydrogen-bond acceptors (Lipinski definition) is 5. The van der Waals surface area contributed by atoms with Crippen molar-refractivity contribution in [2.24, 2.45) is 0 Å². The molecule has 0 N–H and O–H groups in total. The van der Waals surface area contributed by atoms with Gasteiger partial charge in [-0.15, -0.1) is 10.2 Å². The van der Waals surface area contributed by atoms with Crippen molar-refractivity contribution in [3.8, 4) is 11.5 Å². The Bertz CT molecular complexity index is 706. The smallest absolute Gasteiger partial charge is 0.277 e. The number of aromatic nitrogens is 2. The van der Waals surface area contributed by atoms with Crippen LogP contribution in [0.2, 0.25) is 0 Å². The van der Waals surface area contributed by atoms with E-state index in [1.165, 1.54) is 18.2 Å². The first-order valence-electron chi connectivity index (χ1n) is 8.39. The quantitative estimate of drug-likeness (QED) is 0.786. The molecule has 0 unspecified atom stereocenters. The van der Waals surface area contributed by atoms with E-state index < -0.39 is 0 Å². The Morgan fingerprint density at radius 3 is 2.75 bits per heavy atom. The number of rotatable bonds is 4. The van der Waals surface area contributed by atoms with Gasteiger partial charge < -0.3 is 9.32 Å². The molecular formula is C18H23N3O2S. The van der Waals surface area contributed by atoms with Gasteiger partial charge >= 0.3 is 0 Å². The maximum atomic E-state index is 12.5. The Hall–Kier alpha value is -1.82. The monoisotopic (exact) mass is 345 g/mol. The van der Waals surface area contributed by atoms with E-state index in [1.807, 2.05) is 36.1 Å². The number of aryl methyl sites for hydroxylation is 1. The Balaban J connectivity index is 1.62. The molecule has 2 atom stereocenters. The second kappa shape index (κ2) is 7.38. The van der Waals surface area contributed by atoms with E-state index in [-0.39, 0.29) is 5.91 Å². The number of carbonyl (C=O) groups is 1. The third kappa shape index (κ3) is 3.80. The lowest BCUT2D eigenvalue weighted by atomic mass is 9.98. The molecule has 0 aliphatic carbocycles. The van der Waals surface area contributed by atoms with Crippen LogP contribution in [0.1, 0.15) is 38.7 Å². The van der Waals surface area contributed by atoms with E-state index in [0.717, 1.165) is 24.0 Å². The van der Waals surface area contributed by atoms with Crippen molar-refractivity contribution in [2.45, 2.75) is 57.3 Å². The molecule has 1 fully saturated rings. The minimum Gasteiger partial charge on any atom is -0.411 e. The summed E-state index contributed by atoms with van der Waals surface area (Å²) in [6.07, 6.45) is 3.36. The molecule has 6 heteroatoms. The highest BCUT2D eigenvalue weighted by Crippen LogP contribution is 2.26. The maximum Gasteiger partial charge on any atom is 0.277 e. The Morgan fingerprint density at radius 1 is 1.29 bits per heavy atom. The first-order valence-corrected chi connectivity index (χ1v) is 9.37. The molecule has 1 aliphatic rings. The molecule has 2 aromatic rings. The fourth-order valence-electron chi connectivity index (χ4n) is 3.27. The van der Waals surface area contributed by atoms with E-state index >= 15 is 0 Å². The van der Waals surface area contributed by atoms with Crippen molar-refractivity contribution < 1.29 is 9.21 Å². The van der Waals surface area contributed by atoms with Crippen LogP contribution >= 0.6 is 11.8 Å². The first kappa shape index (κ1) is 17.0. The van der Waals surface area contributed by atoms with Crippen LogP contribution in [0.3, 0.4) is 0 Å². The standard InChI is InChI=1S/C18H23N3O2S/c1-12-6-4-9-15(10-12)17-19-20-18(23-17)24-11-16(22)21-13(2)7-5-8-14(21)3/h4,6,9-10,13-14H,5,7-8,11H2,1-3H3/t13-,14+. The Morgan fingerprint density at radius 2 is 2.04 bits per heavy atom. The van der Waals surface area contributed by atoms with Crippen molar-refractivity contribution in [3.63, 3.8) is 0 Å². The van der Waals surface area contributed by atoms with E-state index in [1.54, 1.807) is 0 Å². The van der Waals surface area contributed by atoms with Gasteiger partial charge in [0.05, 0.1) is 5.75 Å². The van der Waals surface area contributed by atoms with Crippen LogP contribution < -0.4 is 0 Å². The van der Waals surface area contributed by atoms with Crippen LogP contribution in [0.4, 0.5) is 0 Å². The number of carbonyl (C=O) groups excluding carboxylic acids is 1. The van der Waals surface area contributed by atoms with Gasteiger partial charge in [-0.2, -0.15) is 0 Å². The lowest BCUT2D eigenvalue weighted by Gasteiger charge is -2.39. The fraction of sp³-hybridized carbons (Fsp3) is 0.500. The summed E-state index contributed by atoms with van der Waals surface area (Å²) in [7, 11) is 0. The van der Waals surface area contributed by atoms with E-state index in [4.69, 9.17) is 4.42 Å². The molecule has 1 saturated heterocycles. The van der Waals surface area contributed by atoms with Gasteiger partial charge in [0, 0.05) is 17.6 Å². The zero-order chi connectivity index (χ0) is 17.1. The second-order valence-electron chi connectivity index (χ2n) is 6.46. The van der Waals surface area contributed by atoms with Crippen molar-refractivity contribution >= 4 is 17.7 Å². The number of thioether (sulfide) groups is 1. The van der Waals surface area contributed by atoms with Crippen LogP contribution in [0.5, 0.6) is 0 Å². The second-order valence-corrected chi connectivity index (χ2v) is 7.39. The fourth-order valence-corrected chi connectivity index (χ4v) is 3.91. The molecule has 1 aromatic heterocycles. The van der Waals surface area contributed by atoms with Crippen LogP contribution in [0.25, 0.3) is 11.5 Å². The van der Waals surface area contributed by atoms with E-state index in [2.05, 4.69) is 24.0 Å². The Labute approximate surface area is 146 Å². The lowest BCUT2D eigenvalue weighted by Crippen LogP contribution is -2.48. The minimum absolute atomic E-state index is 0.148. The third-order valence-corrected chi connectivity index (χ3v) is 5.28. The van der Waals surface area contributed by atoms with Crippen molar-refractivity contribution in [1.29, 1.82) is 0 Å². The highest BCUT2D eigenvalue weighted by Gasteiger charge is 2.29. The van der Waals surface area contributed by atoms with Crippen LogP contribution in [0, 0.1) is 6.92 Å². The van der Waals surface area contributed by atoms with Crippen LogP contribution in [-0.2, 0) is 4.79 Å². The highest BCUT2D eigenvalue weighted by atomic mass is 32.2. The summed E-state index contributed by atoms with van der Waals surface area (Å²) in [6.45, 7) is 6.27. The normalized spacial score (nSPS) is 21.0.